The van der Waals surface area contributed by atoms with Crippen LogP contribution >= 0.6 is 24.0 Å². The molecule has 0 radical (unpaired) electrons. The summed E-state index contributed by atoms with van der Waals surface area (Å²) in [6.07, 6.45) is 4.19. The molecular weight excluding hydrogens is 479 g/mol. The molecule has 0 atom stereocenters. The van der Waals surface area contributed by atoms with Gasteiger partial charge in [0.25, 0.3) is 0 Å². The number of hydrogen-bond acceptors (Lipinski definition) is 4. The van der Waals surface area contributed by atoms with E-state index in [0.29, 0.717) is 5.92 Å². The van der Waals surface area contributed by atoms with Gasteiger partial charge in [-0.05, 0) is 56.2 Å². The van der Waals surface area contributed by atoms with Crippen LogP contribution in [0.5, 0.6) is 0 Å². The van der Waals surface area contributed by atoms with Gasteiger partial charge in [0.05, 0.1) is 0 Å². The molecule has 0 unspecified atom stereocenters. The quantitative estimate of drug-likeness (QED) is 0.204. The molecule has 1 saturated heterocycles. The van der Waals surface area contributed by atoms with E-state index in [-0.39, 0.29) is 24.0 Å². The van der Waals surface area contributed by atoms with Crippen molar-refractivity contribution in [2.75, 3.05) is 65.1 Å². The van der Waals surface area contributed by atoms with E-state index in [1.807, 2.05) is 0 Å². The molecule has 1 aromatic carbocycles. The minimum absolute atomic E-state index is 0. The summed E-state index contributed by atoms with van der Waals surface area (Å²) in [6, 6.07) is 8.71. The van der Waals surface area contributed by atoms with E-state index in [9.17, 15) is 0 Å². The highest BCUT2D eigenvalue weighted by molar-refractivity contribution is 14.0. The van der Waals surface area contributed by atoms with Gasteiger partial charge < -0.3 is 25.0 Å². The van der Waals surface area contributed by atoms with Crippen molar-refractivity contribution in [2.24, 2.45) is 10.9 Å². The summed E-state index contributed by atoms with van der Waals surface area (Å²) in [4.78, 5) is 6.77. The molecule has 0 amide bonds. The molecule has 7 heteroatoms. The van der Waals surface area contributed by atoms with Gasteiger partial charge in [0, 0.05) is 65.8 Å². The predicted octanol–water partition coefficient (Wildman–Crippen LogP) is 3.30. The van der Waals surface area contributed by atoms with Crippen molar-refractivity contribution >= 4 is 35.6 Å². The molecule has 0 saturated carbocycles. The lowest BCUT2D eigenvalue weighted by Gasteiger charge is -2.21. The van der Waals surface area contributed by atoms with E-state index >= 15 is 0 Å². The number of rotatable bonds is 11. The van der Waals surface area contributed by atoms with Gasteiger partial charge in [-0.2, -0.15) is 0 Å². The van der Waals surface area contributed by atoms with Crippen LogP contribution in [0.25, 0.3) is 0 Å². The Morgan fingerprint density at radius 2 is 1.90 bits per heavy atom. The predicted molar refractivity (Wildman–Crippen MR) is 133 cm³/mol. The van der Waals surface area contributed by atoms with Gasteiger partial charge in [-0.25, -0.2) is 0 Å². The zero-order valence-corrected chi connectivity index (χ0v) is 20.6. The first-order valence-corrected chi connectivity index (χ1v) is 10.6. The largest absolute Gasteiger partial charge is 0.381 e. The summed E-state index contributed by atoms with van der Waals surface area (Å²) in [7, 11) is 4.12. The summed E-state index contributed by atoms with van der Waals surface area (Å²) < 4.78 is 11.2. The zero-order chi connectivity index (χ0) is 20.0. The monoisotopic (exact) mass is 518 g/mol. The van der Waals surface area contributed by atoms with Crippen LogP contribution in [0.2, 0.25) is 0 Å². The Morgan fingerprint density at radius 1 is 1.17 bits per heavy atom. The van der Waals surface area contributed by atoms with E-state index in [2.05, 4.69) is 65.8 Å². The molecule has 0 aromatic heterocycles. The molecule has 1 fully saturated rings. The van der Waals surface area contributed by atoms with Crippen LogP contribution in [0.4, 0.5) is 5.69 Å². The van der Waals surface area contributed by atoms with E-state index in [1.54, 1.807) is 0 Å². The second-order valence-electron chi connectivity index (χ2n) is 7.48. The number of anilines is 1. The molecule has 0 bridgehead atoms. The Hall–Kier alpha value is -1.06. The Bertz CT molecular complexity index is 560. The number of nitrogens with one attached hydrogen (secondary N) is 2. The molecule has 29 heavy (non-hydrogen) atoms. The summed E-state index contributed by atoms with van der Waals surface area (Å²) in [5, 5.41) is 6.74. The van der Waals surface area contributed by atoms with Crippen molar-refractivity contribution in [1.82, 2.24) is 10.6 Å². The lowest BCUT2D eigenvalue weighted by Crippen LogP contribution is -2.38. The molecule has 2 N–H and O–H groups in total. The van der Waals surface area contributed by atoms with Gasteiger partial charge in [-0.3, -0.25) is 4.99 Å². The van der Waals surface area contributed by atoms with Crippen molar-refractivity contribution in [1.29, 1.82) is 0 Å². The van der Waals surface area contributed by atoms with Crippen molar-refractivity contribution < 1.29 is 9.47 Å². The maximum Gasteiger partial charge on any atom is 0.191 e. The third kappa shape index (κ3) is 11.1. The van der Waals surface area contributed by atoms with Gasteiger partial charge in [0.1, 0.15) is 0 Å². The zero-order valence-electron chi connectivity index (χ0n) is 18.3. The molecule has 0 spiro atoms. The fraction of sp³-hybridized carbons (Fsp3) is 0.682. The van der Waals surface area contributed by atoms with Gasteiger partial charge in [-0.1, -0.05) is 12.1 Å². The van der Waals surface area contributed by atoms with Crippen LogP contribution in [-0.4, -0.2) is 66.1 Å². The minimum Gasteiger partial charge on any atom is -0.381 e. The van der Waals surface area contributed by atoms with Crippen molar-refractivity contribution in [3.8, 4) is 0 Å². The average Bonchev–Trinajstić information content (AvgIpc) is 2.71. The van der Waals surface area contributed by atoms with Crippen molar-refractivity contribution in [2.45, 2.75) is 32.6 Å². The first-order chi connectivity index (χ1) is 13.7. The Kier molecular flexibility index (Phi) is 14.1. The van der Waals surface area contributed by atoms with Crippen LogP contribution in [0.3, 0.4) is 0 Å². The highest BCUT2D eigenvalue weighted by Crippen LogP contribution is 2.14. The number of nitrogens with zero attached hydrogens (tertiary/aromatic N) is 2. The second kappa shape index (κ2) is 15.7. The summed E-state index contributed by atoms with van der Waals surface area (Å²) in [6.45, 7) is 8.01. The molecule has 1 aromatic rings. The number of benzene rings is 1. The highest BCUT2D eigenvalue weighted by atomic mass is 127. The molecule has 0 aliphatic carbocycles. The van der Waals surface area contributed by atoms with Gasteiger partial charge in [-0.15, -0.1) is 24.0 Å². The smallest absolute Gasteiger partial charge is 0.191 e. The topological polar surface area (TPSA) is 58.1 Å². The normalized spacial score (nSPS) is 14.9. The first-order valence-electron chi connectivity index (χ1n) is 10.6. The lowest BCUT2D eigenvalue weighted by atomic mass is 10.0. The fourth-order valence-corrected chi connectivity index (χ4v) is 3.15. The van der Waals surface area contributed by atoms with Crippen molar-refractivity contribution in [3.63, 3.8) is 0 Å². The van der Waals surface area contributed by atoms with Gasteiger partial charge in [0.2, 0.25) is 0 Å². The first kappa shape index (κ1) is 26.0. The molecule has 1 heterocycles. The summed E-state index contributed by atoms with van der Waals surface area (Å²) in [5.41, 5.74) is 2.56. The molecule has 6 nitrogen and oxygen atoms in total. The number of ether oxygens (including phenoxy) is 2. The minimum atomic E-state index is 0. The second-order valence-corrected chi connectivity index (χ2v) is 7.48. The number of hydrogen-bond donors (Lipinski definition) is 2. The number of guanidine groups is 1. The van der Waals surface area contributed by atoms with E-state index in [0.717, 1.165) is 77.7 Å². The highest BCUT2D eigenvalue weighted by Gasteiger charge is 2.13. The fourth-order valence-electron chi connectivity index (χ4n) is 3.15. The average molecular weight is 518 g/mol. The third-order valence-electron chi connectivity index (χ3n) is 4.91. The molecule has 166 valence electrons. The standard InChI is InChI=1S/C22H38N4O2.HI/c1-4-23-22(24-13-5-15-28-18-20-11-16-27-17-12-20)25-14-10-19-6-8-21(9-7-19)26(2)3;/h6-9,20H,4-5,10-18H2,1-3H3,(H2,23,24,25);1H. The van der Waals surface area contributed by atoms with Crippen LogP contribution < -0.4 is 15.5 Å². The maximum atomic E-state index is 5.81. The third-order valence-corrected chi connectivity index (χ3v) is 4.91. The Balaban J connectivity index is 0.00000420. The number of halogens is 1. The van der Waals surface area contributed by atoms with Gasteiger partial charge >= 0.3 is 0 Å². The van der Waals surface area contributed by atoms with Crippen LogP contribution in [0, 0.1) is 5.92 Å². The number of aliphatic imine (C=N–C) groups is 1. The van der Waals surface area contributed by atoms with E-state index < -0.39 is 0 Å². The van der Waals surface area contributed by atoms with E-state index in [1.165, 1.54) is 11.3 Å². The summed E-state index contributed by atoms with van der Waals surface area (Å²) in [5.74, 6) is 1.56. The lowest BCUT2D eigenvalue weighted by molar-refractivity contribution is 0.0205. The molecule has 2 rings (SSSR count). The Morgan fingerprint density at radius 3 is 2.55 bits per heavy atom. The molecular formula is C22H39IN4O2. The van der Waals surface area contributed by atoms with Crippen LogP contribution in [-0.2, 0) is 15.9 Å². The maximum absolute atomic E-state index is 5.81. The van der Waals surface area contributed by atoms with Gasteiger partial charge in [0.15, 0.2) is 5.96 Å². The molecule has 1 aliphatic heterocycles. The van der Waals surface area contributed by atoms with Crippen LogP contribution in [0.1, 0.15) is 31.7 Å². The van der Waals surface area contributed by atoms with Crippen LogP contribution in [0.15, 0.2) is 29.3 Å². The Labute approximate surface area is 193 Å². The SMILES string of the molecule is CCNC(=NCCCOCC1CCOCC1)NCCc1ccc(N(C)C)cc1.I. The van der Waals surface area contributed by atoms with E-state index in [4.69, 9.17) is 9.47 Å². The summed E-state index contributed by atoms with van der Waals surface area (Å²) >= 11 is 0. The molecule has 1 aliphatic rings. The van der Waals surface area contributed by atoms with Crippen molar-refractivity contribution in [3.05, 3.63) is 29.8 Å².